The molecule has 1 atom stereocenters. The van der Waals surface area contributed by atoms with Gasteiger partial charge in [-0.1, -0.05) is 30.3 Å². The van der Waals surface area contributed by atoms with Gasteiger partial charge in [0.25, 0.3) is 0 Å². The molecule has 25 heavy (non-hydrogen) atoms. The van der Waals surface area contributed by atoms with Crippen molar-refractivity contribution in [3.05, 3.63) is 59.7 Å². The highest BCUT2D eigenvalue weighted by molar-refractivity contribution is 5.90. The maximum Gasteiger partial charge on any atom is 0.319 e. The lowest BCUT2D eigenvalue weighted by molar-refractivity contribution is -0.145. The van der Waals surface area contributed by atoms with Crippen molar-refractivity contribution in [1.29, 1.82) is 0 Å². The van der Waals surface area contributed by atoms with E-state index >= 15 is 0 Å². The molecule has 1 unspecified atom stereocenters. The minimum Gasteiger partial charge on any atom is -0.508 e. The number of aromatic hydroxyl groups is 1. The van der Waals surface area contributed by atoms with E-state index < -0.39 is 11.9 Å². The molecule has 2 aromatic rings. The van der Waals surface area contributed by atoms with Crippen LogP contribution in [0, 0.1) is 12.8 Å². The number of ether oxygens (including phenoxy) is 1. The maximum atomic E-state index is 12.1. The minimum atomic E-state index is -0.517. The highest BCUT2D eigenvalue weighted by atomic mass is 16.5. The molecular formula is C19H22N2O4. The van der Waals surface area contributed by atoms with Crippen LogP contribution >= 0.6 is 0 Å². The van der Waals surface area contributed by atoms with Crippen LogP contribution in [0.2, 0.25) is 0 Å². The molecule has 0 spiro atoms. The number of amides is 2. The van der Waals surface area contributed by atoms with Crippen molar-refractivity contribution >= 4 is 17.7 Å². The Bertz CT molecular complexity index is 728. The van der Waals surface area contributed by atoms with E-state index in [4.69, 9.17) is 4.74 Å². The molecule has 0 heterocycles. The lowest BCUT2D eigenvalue weighted by Gasteiger charge is -2.16. The van der Waals surface area contributed by atoms with E-state index in [0.29, 0.717) is 12.1 Å². The number of para-hydroxylation sites is 1. The molecule has 3 N–H and O–H groups in total. The molecule has 0 saturated heterocycles. The van der Waals surface area contributed by atoms with Crippen molar-refractivity contribution in [2.75, 3.05) is 19.0 Å². The van der Waals surface area contributed by atoms with Crippen LogP contribution in [0.3, 0.4) is 0 Å². The van der Waals surface area contributed by atoms with E-state index in [-0.39, 0.29) is 18.3 Å². The molecule has 0 saturated carbocycles. The molecule has 0 aromatic heterocycles. The molecule has 2 aromatic carbocycles. The average molecular weight is 342 g/mol. The summed E-state index contributed by atoms with van der Waals surface area (Å²) in [5.41, 5.74) is 2.54. The number of phenols is 1. The van der Waals surface area contributed by atoms with Gasteiger partial charge in [-0.25, -0.2) is 4.79 Å². The van der Waals surface area contributed by atoms with Crippen LogP contribution in [-0.2, 0) is 16.0 Å². The Morgan fingerprint density at radius 3 is 2.44 bits per heavy atom. The summed E-state index contributed by atoms with van der Waals surface area (Å²) >= 11 is 0. The summed E-state index contributed by atoms with van der Waals surface area (Å²) in [7, 11) is 1.32. The number of urea groups is 1. The molecule has 0 bridgehead atoms. The second-order valence-electron chi connectivity index (χ2n) is 5.74. The number of carbonyl (C=O) groups excluding carboxylic acids is 2. The predicted molar refractivity (Wildman–Crippen MR) is 95.5 cm³/mol. The van der Waals surface area contributed by atoms with E-state index in [2.05, 4.69) is 10.6 Å². The Hall–Kier alpha value is -3.02. The zero-order valence-electron chi connectivity index (χ0n) is 14.3. The number of esters is 1. The smallest absolute Gasteiger partial charge is 0.319 e. The highest BCUT2D eigenvalue weighted by Crippen LogP contribution is 2.15. The van der Waals surface area contributed by atoms with E-state index in [1.165, 1.54) is 7.11 Å². The molecule has 2 amide bonds. The third kappa shape index (κ3) is 5.53. The number of carbonyl (C=O) groups is 2. The summed E-state index contributed by atoms with van der Waals surface area (Å²) in [6.07, 6.45) is 0.400. The third-order valence-electron chi connectivity index (χ3n) is 3.86. The average Bonchev–Trinajstić information content (AvgIpc) is 2.61. The highest BCUT2D eigenvalue weighted by Gasteiger charge is 2.20. The fourth-order valence-corrected chi connectivity index (χ4v) is 2.42. The first-order valence-electron chi connectivity index (χ1n) is 7.96. The molecule has 2 rings (SSSR count). The maximum absolute atomic E-state index is 12.1. The fraction of sp³-hybridized carbons (Fsp3) is 0.263. The van der Waals surface area contributed by atoms with Gasteiger partial charge in [-0.3, -0.25) is 4.79 Å². The van der Waals surface area contributed by atoms with Gasteiger partial charge in [-0.2, -0.15) is 0 Å². The van der Waals surface area contributed by atoms with Crippen molar-refractivity contribution in [2.24, 2.45) is 5.92 Å². The summed E-state index contributed by atoms with van der Waals surface area (Å²) in [6, 6.07) is 13.6. The molecule has 132 valence electrons. The van der Waals surface area contributed by atoms with Gasteiger partial charge in [0.15, 0.2) is 0 Å². The number of hydrogen-bond acceptors (Lipinski definition) is 4. The van der Waals surface area contributed by atoms with Crippen LogP contribution in [0.5, 0.6) is 5.75 Å². The van der Waals surface area contributed by atoms with Crippen LogP contribution in [-0.4, -0.2) is 30.8 Å². The SMILES string of the molecule is COC(=O)C(CNC(=O)Nc1ccccc1C)Cc1ccc(O)cc1. The molecule has 0 aliphatic carbocycles. The normalized spacial score (nSPS) is 11.4. The first kappa shape index (κ1) is 18.3. The van der Waals surface area contributed by atoms with Crippen molar-refractivity contribution < 1.29 is 19.4 Å². The van der Waals surface area contributed by atoms with Gasteiger partial charge >= 0.3 is 12.0 Å². The summed E-state index contributed by atoms with van der Waals surface area (Å²) < 4.78 is 4.82. The van der Waals surface area contributed by atoms with Gasteiger partial charge in [0.2, 0.25) is 0 Å². The summed E-state index contributed by atoms with van der Waals surface area (Å²) in [4.78, 5) is 24.0. The van der Waals surface area contributed by atoms with Gasteiger partial charge < -0.3 is 20.5 Å². The van der Waals surface area contributed by atoms with Crippen LogP contribution in [0.4, 0.5) is 10.5 Å². The van der Waals surface area contributed by atoms with E-state index in [1.807, 2.05) is 31.2 Å². The van der Waals surface area contributed by atoms with Gasteiger partial charge in [0.1, 0.15) is 5.75 Å². The Balaban J connectivity index is 1.95. The predicted octanol–water partition coefficient (Wildman–Crippen LogP) is 2.85. The monoisotopic (exact) mass is 342 g/mol. The van der Waals surface area contributed by atoms with Crippen LogP contribution < -0.4 is 10.6 Å². The van der Waals surface area contributed by atoms with E-state index in [0.717, 1.165) is 11.1 Å². The van der Waals surface area contributed by atoms with E-state index in [9.17, 15) is 14.7 Å². The second-order valence-corrected chi connectivity index (χ2v) is 5.74. The van der Waals surface area contributed by atoms with Gasteiger partial charge in [-0.05, 0) is 42.7 Å². The van der Waals surface area contributed by atoms with Gasteiger partial charge in [-0.15, -0.1) is 0 Å². The number of rotatable bonds is 6. The second kappa shape index (κ2) is 8.73. The Labute approximate surface area is 146 Å². The standard InChI is InChI=1S/C19H22N2O4/c1-13-5-3-4-6-17(13)21-19(24)20-12-15(18(23)25-2)11-14-7-9-16(22)10-8-14/h3-10,15,22H,11-12H2,1-2H3,(H2,20,21,24). The number of aryl methyl sites for hydroxylation is 1. The Morgan fingerprint density at radius 1 is 1.12 bits per heavy atom. The first-order valence-corrected chi connectivity index (χ1v) is 7.96. The fourth-order valence-electron chi connectivity index (χ4n) is 2.42. The topological polar surface area (TPSA) is 87.7 Å². The summed E-state index contributed by atoms with van der Waals surface area (Å²) in [6.45, 7) is 2.04. The van der Waals surface area contributed by atoms with Gasteiger partial charge in [0.05, 0.1) is 13.0 Å². The van der Waals surface area contributed by atoms with Crippen LogP contribution in [0.25, 0.3) is 0 Å². The van der Waals surface area contributed by atoms with Crippen molar-refractivity contribution in [3.8, 4) is 5.75 Å². The summed E-state index contributed by atoms with van der Waals surface area (Å²) in [5.74, 6) is -0.754. The number of hydrogen-bond donors (Lipinski definition) is 3. The molecule has 0 aliphatic heterocycles. The van der Waals surface area contributed by atoms with Crippen molar-refractivity contribution in [2.45, 2.75) is 13.3 Å². The van der Waals surface area contributed by atoms with Crippen molar-refractivity contribution in [1.82, 2.24) is 5.32 Å². The van der Waals surface area contributed by atoms with Gasteiger partial charge in [0, 0.05) is 12.2 Å². The number of nitrogens with one attached hydrogen (secondary N) is 2. The number of anilines is 1. The minimum absolute atomic E-state index is 0.144. The largest absolute Gasteiger partial charge is 0.508 e. The van der Waals surface area contributed by atoms with Crippen LogP contribution in [0.1, 0.15) is 11.1 Å². The lowest BCUT2D eigenvalue weighted by atomic mass is 9.99. The molecule has 0 radical (unpaired) electrons. The quantitative estimate of drug-likeness (QED) is 0.705. The number of methoxy groups -OCH3 is 1. The zero-order valence-corrected chi connectivity index (χ0v) is 14.3. The molecule has 6 heteroatoms. The zero-order chi connectivity index (χ0) is 18.2. The molecule has 0 aliphatic rings. The molecule has 6 nitrogen and oxygen atoms in total. The Kier molecular flexibility index (Phi) is 6.39. The lowest BCUT2D eigenvalue weighted by Crippen LogP contribution is -2.37. The number of benzene rings is 2. The molecular weight excluding hydrogens is 320 g/mol. The molecule has 0 fully saturated rings. The summed E-state index contributed by atoms with van der Waals surface area (Å²) in [5, 5.41) is 14.8. The van der Waals surface area contributed by atoms with Crippen molar-refractivity contribution in [3.63, 3.8) is 0 Å². The number of phenolic OH excluding ortho intramolecular Hbond substituents is 1. The Morgan fingerprint density at radius 2 is 1.80 bits per heavy atom. The first-order chi connectivity index (χ1) is 12.0. The van der Waals surface area contributed by atoms with E-state index in [1.54, 1.807) is 24.3 Å². The third-order valence-corrected chi connectivity index (χ3v) is 3.86. The van der Waals surface area contributed by atoms with Crippen LogP contribution in [0.15, 0.2) is 48.5 Å².